The topological polar surface area (TPSA) is 151 Å². The fourth-order valence-corrected chi connectivity index (χ4v) is 3.07. The number of nitrogens with one attached hydrogen (secondary N) is 2. The van der Waals surface area contributed by atoms with Crippen molar-refractivity contribution in [3.05, 3.63) is 66.1 Å². The van der Waals surface area contributed by atoms with Crippen molar-refractivity contribution < 1.29 is 14.6 Å². The van der Waals surface area contributed by atoms with Gasteiger partial charge < -0.3 is 20.5 Å². The number of hydrogen-bond acceptors (Lipinski definition) is 9. The van der Waals surface area contributed by atoms with Crippen LogP contribution in [0.4, 0.5) is 23.1 Å². The first kappa shape index (κ1) is 24.3. The van der Waals surface area contributed by atoms with Crippen molar-refractivity contribution in [1.29, 1.82) is 5.26 Å². The second-order valence-electron chi connectivity index (χ2n) is 6.83. The van der Waals surface area contributed by atoms with Crippen LogP contribution in [0.25, 0.3) is 11.4 Å². The van der Waals surface area contributed by atoms with Gasteiger partial charge in [-0.1, -0.05) is 6.07 Å². The minimum atomic E-state index is -1.19. The van der Waals surface area contributed by atoms with Crippen molar-refractivity contribution in [2.24, 2.45) is 7.05 Å². The van der Waals surface area contributed by atoms with E-state index in [1.54, 1.807) is 60.5 Å². The largest absolute Gasteiger partial charge is 0.494 e. The number of benzene rings is 2. The standard InChI is InChI=1S/C22H18N8O3.Li/c1-30-12-25-19(29-30)15-4-3-5-17(18(15)33-2)27-20-16(21(31)32)11-24-22(28-20)26-14-8-6-13(10-23)7-9-14;/h3-9,11-12H,1-2H3,(H,31,32)(H2,24,26,27,28);. The molecule has 2 aromatic carbocycles. The van der Waals surface area contributed by atoms with Gasteiger partial charge in [0.1, 0.15) is 11.9 Å². The molecule has 0 amide bonds. The number of methoxy groups -OCH3 is 1. The zero-order valence-electron chi connectivity index (χ0n) is 18.6. The smallest absolute Gasteiger partial charge is 0.341 e. The van der Waals surface area contributed by atoms with Gasteiger partial charge in [0.2, 0.25) is 5.95 Å². The van der Waals surface area contributed by atoms with E-state index in [9.17, 15) is 9.90 Å². The van der Waals surface area contributed by atoms with Gasteiger partial charge in [0, 0.05) is 37.8 Å². The van der Waals surface area contributed by atoms with Crippen LogP contribution in [-0.4, -0.2) is 61.8 Å². The van der Waals surface area contributed by atoms with Gasteiger partial charge in [-0.3, -0.25) is 4.68 Å². The molecule has 11 nitrogen and oxygen atoms in total. The maximum atomic E-state index is 11.8. The molecule has 1 radical (unpaired) electrons. The van der Waals surface area contributed by atoms with E-state index in [0.29, 0.717) is 34.1 Å². The Hall–Kier alpha value is -4.38. The van der Waals surface area contributed by atoms with Crippen molar-refractivity contribution in [1.82, 2.24) is 24.7 Å². The van der Waals surface area contributed by atoms with Crippen LogP contribution in [0.3, 0.4) is 0 Å². The average molecular weight is 449 g/mol. The minimum absolute atomic E-state index is 0. The summed E-state index contributed by atoms with van der Waals surface area (Å²) in [5, 5.41) is 28.9. The quantitative estimate of drug-likeness (QED) is 0.359. The number of carboxylic acid groups (broad SMARTS) is 1. The molecule has 0 aliphatic heterocycles. The van der Waals surface area contributed by atoms with Gasteiger partial charge in [-0.15, -0.1) is 0 Å². The van der Waals surface area contributed by atoms with Crippen LogP contribution in [0.2, 0.25) is 0 Å². The molecular weight excluding hydrogens is 431 g/mol. The molecule has 0 aliphatic rings. The Kier molecular flexibility index (Phi) is 7.49. The summed E-state index contributed by atoms with van der Waals surface area (Å²) in [5.74, 6) is -0.0571. The van der Waals surface area contributed by atoms with Crippen molar-refractivity contribution in [3.63, 3.8) is 0 Å². The third-order valence-electron chi connectivity index (χ3n) is 4.60. The van der Waals surface area contributed by atoms with E-state index in [2.05, 4.69) is 30.7 Å². The number of aromatic nitrogens is 5. The maximum absolute atomic E-state index is 11.8. The van der Waals surface area contributed by atoms with Crippen molar-refractivity contribution in [2.75, 3.05) is 17.7 Å². The molecule has 0 spiro atoms. The van der Waals surface area contributed by atoms with Crippen molar-refractivity contribution >= 4 is 48.0 Å². The Morgan fingerprint density at radius 2 is 1.91 bits per heavy atom. The zero-order valence-corrected chi connectivity index (χ0v) is 18.6. The monoisotopic (exact) mass is 449 g/mol. The van der Waals surface area contributed by atoms with Crippen LogP contribution in [0, 0.1) is 11.3 Å². The molecular formula is C22H18LiN8O3. The number of carbonyl (C=O) groups is 1. The first-order valence-corrected chi connectivity index (χ1v) is 9.66. The van der Waals surface area contributed by atoms with Gasteiger partial charge >= 0.3 is 5.97 Å². The van der Waals surface area contributed by atoms with Crippen molar-refractivity contribution in [2.45, 2.75) is 0 Å². The number of hydrogen-bond donors (Lipinski definition) is 3. The number of rotatable bonds is 7. The van der Waals surface area contributed by atoms with Crippen LogP contribution in [0.5, 0.6) is 5.75 Å². The maximum Gasteiger partial charge on any atom is 0.341 e. The molecule has 0 aliphatic carbocycles. The summed E-state index contributed by atoms with van der Waals surface area (Å²) in [6.07, 6.45) is 2.78. The van der Waals surface area contributed by atoms with Gasteiger partial charge in [-0.25, -0.2) is 14.8 Å². The van der Waals surface area contributed by atoms with Gasteiger partial charge in [-0.05, 0) is 36.4 Å². The Morgan fingerprint density at radius 1 is 1.15 bits per heavy atom. The molecule has 0 unspecified atom stereocenters. The van der Waals surface area contributed by atoms with Crippen LogP contribution in [0.15, 0.2) is 55.0 Å². The molecule has 0 bridgehead atoms. The summed E-state index contributed by atoms with van der Waals surface area (Å²) in [5.41, 5.74) is 2.14. The molecule has 165 valence electrons. The molecule has 2 heterocycles. The van der Waals surface area contributed by atoms with Gasteiger partial charge in [0.05, 0.1) is 30.0 Å². The first-order chi connectivity index (χ1) is 16.0. The van der Waals surface area contributed by atoms with E-state index in [1.165, 1.54) is 13.3 Å². The number of nitriles is 1. The van der Waals surface area contributed by atoms with Gasteiger partial charge in [-0.2, -0.15) is 15.3 Å². The number of anilines is 4. The number of nitrogens with zero attached hydrogens (tertiary/aromatic N) is 6. The Balaban J connectivity index is 0.00000324. The molecule has 0 atom stereocenters. The second kappa shape index (κ2) is 10.5. The molecule has 3 N–H and O–H groups in total. The predicted molar refractivity (Wildman–Crippen MR) is 125 cm³/mol. The summed E-state index contributed by atoms with van der Waals surface area (Å²) in [4.78, 5) is 24.5. The Bertz CT molecular complexity index is 1370. The molecule has 2 aromatic heterocycles. The summed E-state index contributed by atoms with van der Waals surface area (Å²) in [7, 11) is 3.26. The summed E-state index contributed by atoms with van der Waals surface area (Å²) >= 11 is 0. The fraction of sp³-hybridized carbons (Fsp3) is 0.0909. The first-order valence-electron chi connectivity index (χ1n) is 9.66. The third kappa shape index (κ3) is 5.15. The summed E-state index contributed by atoms with van der Waals surface area (Å²) in [6.45, 7) is 0. The van der Waals surface area contributed by atoms with Gasteiger partial charge in [0.15, 0.2) is 17.4 Å². The fourth-order valence-electron chi connectivity index (χ4n) is 3.07. The van der Waals surface area contributed by atoms with Crippen LogP contribution >= 0.6 is 0 Å². The normalized spacial score (nSPS) is 10.0. The van der Waals surface area contributed by atoms with Crippen LogP contribution in [-0.2, 0) is 7.05 Å². The Labute approximate surface area is 206 Å². The molecule has 4 aromatic rings. The summed E-state index contributed by atoms with van der Waals surface area (Å²) < 4.78 is 7.15. The van der Waals surface area contributed by atoms with E-state index in [-0.39, 0.29) is 36.2 Å². The van der Waals surface area contributed by atoms with Gasteiger partial charge in [0.25, 0.3) is 0 Å². The van der Waals surface area contributed by atoms with Crippen molar-refractivity contribution in [3.8, 4) is 23.2 Å². The van der Waals surface area contributed by atoms with E-state index in [0.717, 1.165) is 0 Å². The number of carboxylic acids is 1. The average Bonchev–Trinajstić information content (AvgIpc) is 3.25. The van der Waals surface area contributed by atoms with E-state index in [4.69, 9.17) is 10.00 Å². The molecule has 0 saturated carbocycles. The number of aryl methyl sites for hydroxylation is 1. The van der Waals surface area contributed by atoms with Crippen LogP contribution in [0.1, 0.15) is 15.9 Å². The Morgan fingerprint density at radius 3 is 2.53 bits per heavy atom. The molecule has 0 saturated heterocycles. The zero-order chi connectivity index (χ0) is 23.4. The second-order valence-corrected chi connectivity index (χ2v) is 6.83. The predicted octanol–water partition coefficient (Wildman–Crippen LogP) is 2.96. The molecule has 4 rings (SSSR count). The molecule has 12 heteroatoms. The van der Waals surface area contributed by atoms with E-state index < -0.39 is 5.97 Å². The number of ether oxygens (including phenoxy) is 1. The summed E-state index contributed by atoms with van der Waals surface area (Å²) in [6, 6.07) is 14.0. The van der Waals surface area contributed by atoms with E-state index >= 15 is 0 Å². The number of para-hydroxylation sites is 1. The molecule has 0 fully saturated rings. The minimum Gasteiger partial charge on any atom is -0.494 e. The third-order valence-corrected chi connectivity index (χ3v) is 4.60. The molecule has 34 heavy (non-hydrogen) atoms. The van der Waals surface area contributed by atoms with Crippen LogP contribution < -0.4 is 15.4 Å². The SMILES string of the molecule is COc1c(Nc2nc(Nc3ccc(C#N)cc3)ncc2C(=O)O)cccc1-c1ncn(C)n1.[Li]. The number of aromatic carboxylic acids is 1. The van der Waals surface area contributed by atoms with E-state index in [1.807, 2.05) is 6.07 Å².